The molecule has 0 radical (unpaired) electrons. The van der Waals surface area contributed by atoms with E-state index in [4.69, 9.17) is 5.73 Å². The third kappa shape index (κ3) is 1.69. The van der Waals surface area contributed by atoms with Gasteiger partial charge in [0, 0.05) is 5.69 Å². The van der Waals surface area contributed by atoms with Gasteiger partial charge >= 0.3 is 0 Å². The van der Waals surface area contributed by atoms with Gasteiger partial charge in [-0.25, -0.2) is 0 Å². The van der Waals surface area contributed by atoms with Crippen molar-refractivity contribution in [2.45, 2.75) is 13.8 Å². The molecule has 0 bridgehead atoms. The number of aromatic amines is 1. The van der Waals surface area contributed by atoms with E-state index in [9.17, 15) is 9.59 Å². The number of H-pyrrole nitrogens is 1. The van der Waals surface area contributed by atoms with Crippen LogP contribution in [-0.4, -0.2) is 16.7 Å². The van der Waals surface area contributed by atoms with E-state index in [2.05, 4.69) is 4.98 Å². The fraction of sp³-hybridized carbons (Fsp3) is 0.250. The van der Waals surface area contributed by atoms with Crippen LogP contribution in [0.2, 0.25) is 0 Å². The Balaban J connectivity index is 2.86. The maximum Gasteiger partial charge on any atom is 0.254 e. The van der Waals surface area contributed by atoms with Gasteiger partial charge in [0.1, 0.15) is 23.7 Å². The zero-order valence-corrected chi connectivity index (χ0v) is 10.00. The lowest BCUT2D eigenvalue weighted by molar-refractivity contribution is -0.645. The van der Waals surface area contributed by atoms with E-state index in [0.717, 1.165) is 16.7 Å². The minimum absolute atomic E-state index is 0.00354. The third-order valence-electron chi connectivity index (χ3n) is 2.81. The van der Waals surface area contributed by atoms with E-state index in [-0.39, 0.29) is 5.78 Å². The Morgan fingerprint density at radius 1 is 1.41 bits per heavy atom. The quantitative estimate of drug-likeness (QED) is 0.587. The summed E-state index contributed by atoms with van der Waals surface area (Å²) in [6, 6.07) is 1.66. The topological polar surface area (TPSA) is 79.8 Å². The van der Waals surface area contributed by atoms with Crippen molar-refractivity contribution in [1.29, 1.82) is 0 Å². The lowest BCUT2D eigenvalue weighted by Gasteiger charge is -1.96. The second-order valence-electron chi connectivity index (χ2n) is 4.15. The van der Waals surface area contributed by atoms with Crippen molar-refractivity contribution in [3.8, 4) is 0 Å². The van der Waals surface area contributed by atoms with E-state index in [1.807, 2.05) is 6.92 Å². The van der Waals surface area contributed by atoms with Gasteiger partial charge in [-0.1, -0.05) is 0 Å². The molecule has 88 valence electrons. The van der Waals surface area contributed by atoms with Gasteiger partial charge in [-0.3, -0.25) is 9.59 Å². The van der Waals surface area contributed by atoms with Crippen molar-refractivity contribution >= 4 is 22.7 Å². The van der Waals surface area contributed by atoms with Crippen LogP contribution in [0.15, 0.2) is 12.3 Å². The number of nitrogens with two attached hydrogens (primary N) is 1. The Kier molecular flexibility index (Phi) is 2.46. The van der Waals surface area contributed by atoms with E-state index in [1.165, 1.54) is 6.92 Å². The molecule has 0 aromatic carbocycles. The molecule has 0 spiro atoms. The van der Waals surface area contributed by atoms with Crippen LogP contribution in [0.3, 0.4) is 0 Å². The van der Waals surface area contributed by atoms with Crippen LogP contribution in [0, 0.1) is 6.92 Å². The first-order chi connectivity index (χ1) is 7.91. The predicted molar refractivity (Wildman–Crippen MR) is 62.7 cm³/mol. The summed E-state index contributed by atoms with van der Waals surface area (Å²) in [5, 5.41) is 0. The Bertz CT molecular complexity index is 641. The monoisotopic (exact) mass is 232 g/mol. The highest BCUT2D eigenvalue weighted by Crippen LogP contribution is 2.19. The summed E-state index contributed by atoms with van der Waals surface area (Å²) in [6.07, 6.45) is 1.63. The number of carbonyl (C=O) groups is 2. The van der Waals surface area contributed by atoms with E-state index >= 15 is 0 Å². The van der Waals surface area contributed by atoms with Crippen molar-refractivity contribution in [2.24, 2.45) is 12.8 Å². The van der Waals surface area contributed by atoms with Gasteiger partial charge in [0.15, 0.2) is 12.0 Å². The molecule has 2 heterocycles. The molecular formula is C12H14N3O2+. The number of carbonyl (C=O) groups excluding carboxylic acids is 2. The average molecular weight is 232 g/mol. The molecule has 5 nitrogen and oxygen atoms in total. The molecule has 1 amide bonds. The summed E-state index contributed by atoms with van der Waals surface area (Å²) in [7, 11) is 1.79. The standard InChI is InChI=1S/C12H13N3O2/c1-6-10(7(2)16)11-9(14-6)4-8(12(13)17)5-15(11)3/h4-5H,1-3H3,(H2,13,17)/p+1. The van der Waals surface area contributed by atoms with Crippen molar-refractivity contribution in [1.82, 2.24) is 4.98 Å². The van der Waals surface area contributed by atoms with Gasteiger partial charge in [0.2, 0.25) is 5.52 Å². The summed E-state index contributed by atoms with van der Waals surface area (Å²) in [6.45, 7) is 3.36. The Hall–Kier alpha value is -2.17. The first kappa shape index (κ1) is 11.3. The molecule has 0 aliphatic carbocycles. The normalized spacial score (nSPS) is 10.8. The van der Waals surface area contributed by atoms with Crippen molar-refractivity contribution in [3.05, 3.63) is 29.1 Å². The smallest absolute Gasteiger partial charge is 0.254 e. The van der Waals surface area contributed by atoms with E-state index in [1.54, 1.807) is 23.9 Å². The second kappa shape index (κ2) is 3.69. The number of aromatic nitrogens is 2. The summed E-state index contributed by atoms with van der Waals surface area (Å²) >= 11 is 0. The molecule has 0 atom stereocenters. The number of nitrogens with zero attached hydrogens (tertiary/aromatic N) is 1. The van der Waals surface area contributed by atoms with Gasteiger partial charge < -0.3 is 10.7 Å². The van der Waals surface area contributed by atoms with Crippen molar-refractivity contribution in [2.75, 3.05) is 0 Å². The number of Topliss-reactive ketones (excluding diaryl/α,β-unsaturated/α-hetero) is 1. The Labute approximate surface area is 98.2 Å². The molecule has 0 unspecified atom stereocenters. The summed E-state index contributed by atoms with van der Waals surface area (Å²) < 4.78 is 1.75. The van der Waals surface area contributed by atoms with Gasteiger partial charge in [-0.2, -0.15) is 4.57 Å². The molecule has 0 aliphatic heterocycles. The molecule has 3 N–H and O–H groups in total. The number of amides is 1. The lowest BCUT2D eigenvalue weighted by atomic mass is 10.1. The molecule has 17 heavy (non-hydrogen) atoms. The van der Waals surface area contributed by atoms with Gasteiger partial charge in [-0.05, 0) is 19.9 Å². The molecular weight excluding hydrogens is 218 g/mol. The molecule has 2 aromatic heterocycles. The zero-order valence-electron chi connectivity index (χ0n) is 10.00. The molecule has 0 aliphatic rings. The highest BCUT2D eigenvalue weighted by atomic mass is 16.1. The fourth-order valence-electron chi connectivity index (χ4n) is 2.14. The number of ketones is 1. The SMILES string of the molecule is CC(=O)c1c(C)[nH]c2cc(C(N)=O)c[n+](C)c12. The van der Waals surface area contributed by atoms with Crippen LogP contribution in [0.5, 0.6) is 0 Å². The summed E-state index contributed by atoms with van der Waals surface area (Å²) in [5.41, 5.74) is 8.64. The summed E-state index contributed by atoms with van der Waals surface area (Å²) in [4.78, 5) is 25.8. The maximum atomic E-state index is 11.6. The van der Waals surface area contributed by atoms with Gasteiger partial charge in [0.25, 0.3) is 5.91 Å². The number of aryl methyl sites for hydroxylation is 2. The zero-order chi connectivity index (χ0) is 12.7. The number of rotatable bonds is 2. The minimum atomic E-state index is -0.487. The van der Waals surface area contributed by atoms with Crippen LogP contribution in [-0.2, 0) is 7.05 Å². The molecule has 0 saturated carbocycles. The highest BCUT2D eigenvalue weighted by molar-refractivity contribution is 6.06. The number of nitrogens with one attached hydrogen (secondary N) is 1. The first-order valence-corrected chi connectivity index (χ1v) is 5.24. The lowest BCUT2D eigenvalue weighted by Crippen LogP contribution is -2.31. The van der Waals surface area contributed by atoms with E-state index < -0.39 is 5.91 Å². The molecule has 2 rings (SSSR count). The molecule has 2 aromatic rings. The van der Waals surface area contributed by atoms with Gasteiger partial charge in [0.05, 0.1) is 0 Å². The maximum absolute atomic E-state index is 11.6. The van der Waals surface area contributed by atoms with Crippen LogP contribution in [0.4, 0.5) is 0 Å². The van der Waals surface area contributed by atoms with Crippen molar-refractivity contribution in [3.63, 3.8) is 0 Å². The average Bonchev–Trinajstić information content (AvgIpc) is 2.54. The number of primary amides is 1. The number of hydrogen-bond donors (Lipinski definition) is 2. The second-order valence-corrected chi connectivity index (χ2v) is 4.15. The van der Waals surface area contributed by atoms with Crippen LogP contribution >= 0.6 is 0 Å². The first-order valence-electron chi connectivity index (χ1n) is 5.24. The van der Waals surface area contributed by atoms with E-state index in [0.29, 0.717) is 11.1 Å². The molecule has 5 heteroatoms. The summed E-state index contributed by atoms with van der Waals surface area (Å²) in [5.74, 6) is -0.490. The Morgan fingerprint density at radius 2 is 2.06 bits per heavy atom. The predicted octanol–water partition coefficient (Wildman–Crippen LogP) is 0.602. The van der Waals surface area contributed by atoms with Gasteiger partial charge in [-0.15, -0.1) is 0 Å². The third-order valence-corrected chi connectivity index (χ3v) is 2.81. The number of pyridine rings is 1. The van der Waals surface area contributed by atoms with Crippen molar-refractivity contribution < 1.29 is 14.2 Å². The van der Waals surface area contributed by atoms with Crippen LogP contribution in [0.1, 0.15) is 33.3 Å². The number of hydrogen-bond acceptors (Lipinski definition) is 2. The largest absolute Gasteiger partial charge is 0.365 e. The minimum Gasteiger partial charge on any atom is -0.365 e. The number of fused-ring (bicyclic) bond motifs is 1. The fourth-order valence-corrected chi connectivity index (χ4v) is 2.14. The highest BCUT2D eigenvalue weighted by Gasteiger charge is 2.22. The van der Waals surface area contributed by atoms with Crippen LogP contribution < -0.4 is 10.3 Å². The molecule has 0 fully saturated rings. The van der Waals surface area contributed by atoms with Crippen LogP contribution in [0.25, 0.3) is 11.0 Å². The Morgan fingerprint density at radius 3 is 2.59 bits per heavy atom. The molecule has 0 saturated heterocycles.